The minimum atomic E-state index is -0.657. The van der Waals surface area contributed by atoms with Crippen molar-refractivity contribution in [3.63, 3.8) is 0 Å². The molecule has 0 spiro atoms. The molecule has 1 aromatic rings. The lowest BCUT2D eigenvalue weighted by Gasteiger charge is -2.23. The van der Waals surface area contributed by atoms with E-state index in [-0.39, 0.29) is 23.9 Å². The summed E-state index contributed by atoms with van der Waals surface area (Å²) < 4.78 is 1.79. The fourth-order valence-corrected chi connectivity index (χ4v) is 3.26. The number of carbonyl (C=O) groups is 2. The minimum absolute atomic E-state index is 0.0151. The molecule has 2 amide bonds. The summed E-state index contributed by atoms with van der Waals surface area (Å²) in [5.74, 6) is 2.53. The molecule has 136 valence electrons. The fourth-order valence-electron chi connectivity index (χ4n) is 3.26. The van der Waals surface area contributed by atoms with Gasteiger partial charge < -0.3 is 10.6 Å². The lowest BCUT2D eigenvalue weighted by Crippen LogP contribution is -2.46. The van der Waals surface area contributed by atoms with Gasteiger partial charge in [-0.1, -0.05) is 18.8 Å². The summed E-state index contributed by atoms with van der Waals surface area (Å²) in [6, 6.07) is 1.75. The number of aryl methyl sites for hydroxylation is 1. The lowest BCUT2D eigenvalue weighted by molar-refractivity contribution is -0.128. The summed E-state index contributed by atoms with van der Waals surface area (Å²) >= 11 is 0. The Morgan fingerprint density at radius 1 is 1.40 bits per heavy atom. The number of terminal acetylenes is 1. The maximum absolute atomic E-state index is 12.4. The molecule has 6 nitrogen and oxygen atoms in total. The van der Waals surface area contributed by atoms with Crippen LogP contribution in [0.3, 0.4) is 0 Å². The number of nitrogens with one attached hydrogen (secondary N) is 2. The van der Waals surface area contributed by atoms with Crippen LogP contribution in [-0.2, 0) is 9.59 Å². The maximum atomic E-state index is 12.4. The first-order valence-electron chi connectivity index (χ1n) is 8.93. The molecule has 1 unspecified atom stereocenters. The predicted octanol–water partition coefficient (Wildman–Crippen LogP) is 1.96. The van der Waals surface area contributed by atoms with E-state index in [9.17, 15) is 9.59 Å². The Balaban J connectivity index is 1.76. The average Bonchev–Trinajstić information content (AvgIpc) is 3.22. The van der Waals surface area contributed by atoms with E-state index in [2.05, 4.69) is 21.7 Å². The van der Waals surface area contributed by atoms with Gasteiger partial charge in [-0.15, -0.1) is 6.42 Å². The molecule has 1 fully saturated rings. The van der Waals surface area contributed by atoms with E-state index in [0.717, 1.165) is 31.4 Å². The van der Waals surface area contributed by atoms with Gasteiger partial charge in [-0.2, -0.15) is 5.10 Å². The highest BCUT2D eigenvalue weighted by molar-refractivity contribution is 5.86. The van der Waals surface area contributed by atoms with Crippen molar-refractivity contribution in [3.05, 3.63) is 18.0 Å². The molecule has 1 aliphatic carbocycles. The van der Waals surface area contributed by atoms with Gasteiger partial charge in [-0.3, -0.25) is 14.3 Å². The zero-order valence-electron chi connectivity index (χ0n) is 15.3. The van der Waals surface area contributed by atoms with E-state index >= 15 is 0 Å². The average molecular weight is 344 g/mol. The lowest BCUT2D eigenvalue weighted by atomic mass is 9.86. The first kappa shape index (κ1) is 19.0. The molecule has 0 radical (unpaired) electrons. The van der Waals surface area contributed by atoms with E-state index < -0.39 is 5.41 Å². The van der Waals surface area contributed by atoms with Crippen molar-refractivity contribution in [2.75, 3.05) is 6.54 Å². The van der Waals surface area contributed by atoms with Gasteiger partial charge in [0.15, 0.2) is 0 Å². The Hall–Kier alpha value is -2.29. The summed E-state index contributed by atoms with van der Waals surface area (Å²) in [6.07, 6.45) is 11.3. The van der Waals surface area contributed by atoms with Gasteiger partial charge in [0.2, 0.25) is 11.8 Å². The van der Waals surface area contributed by atoms with E-state index in [1.807, 2.05) is 33.0 Å². The molecule has 0 aromatic carbocycles. The molecule has 1 aromatic heterocycles. The van der Waals surface area contributed by atoms with Crippen LogP contribution in [0.2, 0.25) is 0 Å². The standard InChI is InChI=1S/C19H28N4O2/c1-5-19(9-6-7-10-19)18(25)20-13-15(3)21-17(24)12-16(4)23-11-8-14(2)22-23/h1,8,11,15-16H,6-7,9-10,12-13H2,2-4H3,(H,20,25)(H,21,24)/t15-,16?/m1/s1. The Labute approximate surface area is 149 Å². The third-order valence-electron chi connectivity index (χ3n) is 4.82. The molecule has 1 aliphatic rings. The smallest absolute Gasteiger partial charge is 0.238 e. The molecule has 6 heteroatoms. The molecular formula is C19H28N4O2. The van der Waals surface area contributed by atoms with Crippen molar-refractivity contribution < 1.29 is 9.59 Å². The van der Waals surface area contributed by atoms with Crippen molar-refractivity contribution >= 4 is 11.8 Å². The third-order valence-corrected chi connectivity index (χ3v) is 4.82. The predicted molar refractivity (Wildman–Crippen MR) is 96.6 cm³/mol. The van der Waals surface area contributed by atoms with E-state index in [4.69, 9.17) is 6.42 Å². The number of aromatic nitrogens is 2. The van der Waals surface area contributed by atoms with E-state index in [1.165, 1.54) is 0 Å². The van der Waals surface area contributed by atoms with E-state index in [1.54, 1.807) is 4.68 Å². The van der Waals surface area contributed by atoms with Gasteiger partial charge >= 0.3 is 0 Å². The molecule has 25 heavy (non-hydrogen) atoms. The Morgan fingerprint density at radius 3 is 2.64 bits per heavy atom. The van der Waals surface area contributed by atoms with Crippen molar-refractivity contribution in [1.82, 2.24) is 20.4 Å². The normalized spacial score (nSPS) is 18.2. The molecule has 2 atom stereocenters. The molecule has 0 bridgehead atoms. The van der Waals surface area contributed by atoms with Crippen molar-refractivity contribution in [3.8, 4) is 12.3 Å². The van der Waals surface area contributed by atoms with Crippen LogP contribution < -0.4 is 10.6 Å². The number of hydrogen-bond acceptors (Lipinski definition) is 3. The highest BCUT2D eigenvalue weighted by atomic mass is 16.2. The maximum Gasteiger partial charge on any atom is 0.238 e. The number of carbonyl (C=O) groups excluding carboxylic acids is 2. The van der Waals surface area contributed by atoms with Crippen LogP contribution in [0.15, 0.2) is 12.3 Å². The summed E-state index contributed by atoms with van der Waals surface area (Å²) in [7, 11) is 0. The topological polar surface area (TPSA) is 76.0 Å². The first-order chi connectivity index (χ1) is 11.9. The van der Waals surface area contributed by atoms with Gasteiger partial charge in [0.1, 0.15) is 5.41 Å². The highest BCUT2D eigenvalue weighted by Crippen LogP contribution is 2.37. The van der Waals surface area contributed by atoms with Gasteiger partial charge in [0.05, 0.1) is 11.7 Å². The van der Waals surface area contributed by atoms with Crippen molar-refractivity contribution in [1.29, 1.82) is 0 Å². The van der Waals surface area contributed by atoms with Crippen LogP contribution >= 0.6 is 0 Å². The highest BCUT2D eigenvalue weighted by Gasteiger charge is 2.39. The van der Waals surface area contributed by atoms with Crippen LogP contribution in [0.1, 0.15) is 57.7 Å². The Bertz CT molecular complexity index is 653. The summed E-state index contributed by atoms with van der Waals surface area (Å²) in [5, 5.41) is 10.1. The second-order valence-electron chi connectivity index (χ2n) is 7.10. The first-order valence-corrected chi connectivity index (χ1v) is 8.93. The zero-order valence-corrected chi connectivity index (χ0v) is 15.3. The minimum Gasteiger partial charge on any atom is -0.353 e. The molecule has 0 aliphatic heterocycles. The molecule has 1 saturated carbocycles. The zero-order chi connectivity index (χ0) is 18.4. The van der Waals surface area contributed by atoms with Gasteiger partial charge in [-0.25, -0.2) is 0 Å². The van der Waals surface area contributed by atoms with Gasteiger partial charge in [0.25, 0.3) is 0 Å². The van der Waals surface area contributed by atoms with Crippen molar-refractivity contribution in [2.24, 2.45) is 5.41 Å². The Morgan fingerprint density at radius 2 is 2.08 bits per heavy atom. The fraction of sp³-hybridized carbons (Fsp3) is 0.632. The summed E-state index contributed by atoms with van der Waals surface area (Å²) in [4.78, 5) is 24.5. The van der Waals surface area contributed by atoms with Crippen molar-refractivity contribution in [2.45, 2.75) is 65.0 Å². The second kappa shape index (κ2) is 8.19. The van der Waals surface area contributed by atoms with Gasteiger partial charge in [0, 0.05) is 25.2 Å². The van der Waals surface area contributed by atoms with E-state index in [0.29, 0.717) is 13.0 Å². The molecular weight excluding hydrogens is 316 g/mol. The summed E-state index contributed by atoms with van der Waals surface area (Å²) in [6.45, 7) is 6.12. The summed E-state index contributed by atoms with van der Waals surface area (Å²) in [5.41, 5.74) is 0.272. The number of nitrogens with zero attached hydrogens (tertiary/aromatic N) is 2. The molecule has 0 saturated heterocycles. The van der Waals surface area contributed by atoms with Crippen LogP contribution in [0.5, 0.6) is 0 Å². The van der Waals surface area contributed by atoms with Crippen LogP contribution in [-0.4, -0.2) is 34.2 Å². The van der Waals surface area contributed by atoms with Crippen LogP contribution in [0, 0.1) is 24.7 Å². The Kier molecular flexibility index (Phi) is 6.24. The van der Waals surface area contributed by atoms with Gasteiger partial charge in [-0.05, 0) is 39.7 Å². The molecule has 2 rings (SSSR count). The van der Waals surface area contributed by atoms with Crippen LogP contribution in [0.25, 0.3) is 0 Å². The monoisotopic (exact) mass is 344 g/mol. The quantitative estimate of drug-likeness (QED) is 0.743. The number of hydrogen-bond donors (Lipinski definition) is 2. The molecule has 2 N–H and O–H groups in total. The number of amides is 2. The number of rotatable bonds is 7. The second-order valence-corrected chi connectivity index (χ2v) is 7.10. The molecule has 1 heterocycles. The van der Waals surface area contributed by atoms with Crippen LogP contribution in [0.4, 0.5) is 0 Å². The third kappa shape index (κ3) is 4.85. The largest absolute Gasteiger partial charge is 0.353 e. The SMILES string of the molecule is C#CC1(C(=O)NC[C@@H](C)NC(=O)CC(C)n2ccc(C)n2)CCCC1.